The predicted octanol–water partition coefficient (Wildman–Crippen LogP) is 6.87. The van der Waals surface area contributed by atoms with E-state index in [0.29, 0.717) is 40.9 Å². The van der Waals surface area contributed by atoms with E-state index in [1.165, 1.54) is 43.7 Å². The Balaban J connectivity index is 1.75. The maximum Gasteiger partial charge on any atom is 0.305 e. The average Bonchev–Trinajstić information content (AvgIpc) is 3.21. The molecule has 51 heavy (non-hydrogen) atoms. The van der Waals surface area contributed by atoms with Gasteiger partial charge in [0.15, 0.2) is 0 Å². The van der Waals surface area contributed by atoms with Crippen LogP contribution in [-0.2, 0) is 16.0 Å². The lowest BCUT2D eigenvalue weighted by molar-refractivity contribution is -0.138. The number of amides is 1. The monoisotopic (exact) mass is 703 g/mol. The van der Waals surface area contributed by atoms with Crippen LogP contribution in [0.2, 0.25) is 0 Å². The summed E-state index contributed by atoms with van der Waals surface area (Å²) in [5.74, 6) is -4.37. The van der Waals surface area contributed by atoms with Gasteiger partial charge in [0.1, 0.15) is 29.0 Å². The molecule has 3 unspecified atom stereocenters. The quantitative estimate of drug-likeness (QED) is 0.211. The molecule has 0 bridgehead atoms. The van der Waals surface area contributed by atoms with Crippen LogP contribution in [0.5, 0.6) is 0 Å². The van der Waals surface area contributed by atoms with E-state index in [2.05, 4.69) is 16.4 Å². The molecule has 0 radical (unpaired) electrons. The number of halogens is 3. The van der Waals surface area contributed by atoms with Crippen molar-refractivity contribution in [2.45, 2.75) is 85.5 Å². The van der Waals surface area contributed by atoms with E-state index in [0.717, 1.165) is 0 Å². The third kappa shape index (κ3) is 9.14. The van der Waals surface area contributed by atoms with Crippen LogP contribution < -0.4 is 10.9 Å². The zero-order valence-electron chi connectivity index (χ0n) is 30.0. The molecule has 0 saturated carbocycles. The van der Waals surface area contributed by atoms with Gasteiger partial charge < -0.3 is 15.3 Å². The lowest BCUT2D eigenvalue weighted by Gasteiger charge is -2.27. The molecule has 12 heteroatoms. The van der Waals surface area contributed by atoms with Gasteiger partial charge >= 0.3 is 5.97 Å². The number of hydrogen-bond donors (Lipinski definition) is 2. The minimum atomic E-state index is -1.64. The van der Waals surface area contributed by atoms with E-state index in [1.807, 2.05) is 13.8 Å². The summed E-state index contributed by atoms with van der Waals surface area (Å²) in [6.45, 7) is 12.0. The maximum absolute atomic E-state index is 16.6. The highest BCUT2D eigenvalue weighted by molar-refractivity contribution is 5.82. The standard InChI is InChI=1S/C39H44F3N5O4/c1-22(2)14-31(47-20-28(44-26(6)38(47)51)10-13-46-12-9-8-11-39(7,42)21-46)37(50)45-30(18-32(48)49)34-35(40)25(5)17-29(36(34)41)33-23(3)15-27(19-43)16-24(33)4/h8-9,11-12,15-17,20,22,30-31H,10,13-14,18,21H2,1-7H3,(H,45,50)(H,48,49). The van der Waals surface area contributed by atoms with Crippen molar-refractivity contribution in [1.82, 2.24) is 19.8 Å². The minimum Gasteiger partial charge on any atom is -0.481 e. The Morgan fingerprint density at radius 2 is 1.75 bits per heavy atom. The van der Waals surface area contributed by atoms with Gasteiger partial charge in [0.2, 0.25) is 5.91 Å². The van der Waals surface area contributed by atoms with Crippen LogP contribution in [0.1, 0.15) is 84.9 Å². The number of rotatable bonds is 12. The molecular formula is C39H44F3N5O4. The third-order valence-electron chi connectivity index (χ3n) is 8.89. The number of carboxylic acids is 1. The Labute approximate surface area is 296 Å². The summed E-state index contributed by atoms with van der Waals surface area (Å²) in [4.78, 5) is 46.0. The molecule has 3 atom stereocenters. The molecule has 3 aromatic rings. The van der Waals surface area contributed by atoms with Crippen molar-refractivity contribution in [3.05, 3.63) is 110 Å². The number of benzene rings is 2. The topological polar surface area (TPSA) is 128 Å². The number of nitrogens with one attached hydrogen (secondary N) is 1. The van der Waals surface area contributed by atoms with Crippen molar-refractivity contribution >= 4 is 11.9 Å². The van der Waals surface area contributed by atoms with Crippen LogP contribution in [-0.4, -0.2) is 50.2 Å². The molecule has 2 heterocycles. The number of allylic oxidation sites excluding steroid dienone is 2. The van der Waals surface area contributed by atoms with E-state index in [9.17, 15) is 29.1 Å². The molecule has 1 aromatic heterocycles. The molecule has 0 fully saturated rings. The van der Waals surface area contributed by atoms with Gasteiger partial charge in [-0.3, -0.25) is 23.9 Å². The third-order valence-corrected chi connectivity index (χ3v) is 8.89. The summed E-state index contributed by atoms with van der Waals surface area (Å²) in [6, 6.07) is 3.72. The van der Waals surface area contributed by atoms with E-state index < -0.39 is 58.8 Å². The van der Waals surface area contributed by atoms with Crippen molar-refractivity contribution in [1.29, 1.82) is 5.26 Å². The summed E-state index contributed by atoms with van der Waals surface area (Å²) in [6.07, 6.45) is 7.69. The van der Waals surface area contributed by atoms with Crippen LogP contribution in [0.4, 0.5) is 13.2 Å². The molecule has 1 aliphatic heterocycles. The van der Waals surface area contributed by atoms with E-state index in [-0.39, 0.29) is 35.7 Å². The van der Waals surface area contributed by atoms with Crippen molar-refractivity contribution < 1.29 is 27.9 Å². The molecule has 2 N–H and O–H groups in total. The van der Waals surface area contributed by atoms with Crippen molar-refractivity contribution in [3.63, 3.8) is 0 Å². The Bertz CT molecular complexity index is 1970. The molecule has 9 nitrogen and oxygen atoms in total. The summed E-state index contributed by atoms with van der Waals surface area (Å²) < 4.78 is 48.5. The lowest BCUT2D eigenvalue weighted by Crippen LogP contribution is -2.41. The van der Waals surface area contributed by atoms with Gasteiger partial charge in [-0.2, -0.15) is 5.26 Å². The molecule has 0 saturated heterocycles. The molecule has 2 aromatic carbocycles. The molecule has 270 valence electrons. The van der Waals surface area contributed by atoms with E-state index in [4.69, 9.17) is 0 Å². The lowest BCUT2D eigenvalue weighted by atomic mass is 9.88. The molecule has 0 spiro atoms. The van der Waals surface area contributed by atoms with Crippen LogP contribution in [0, 0.1) is 56.6 Å². The van der Waals surface area contributed by atoms with Crippen LogP contribution >= 0.6 is 0 Å². The summed E-state index contributed by atoms with van der Waals surface area (Å²) in [7, 11) is 0. The summed E-state index contributed by atoms with van der Waals surface area (Å²) >= 11 is 0. The number of nitriles is 1. The number of carbonyl (C=O) groups excluding carboxylic acids is 1. The number of carboxylic acid groups (broad SMARTS) is 1. The first-order chi connectivity index (χ1) is 23.9. The number of alkyl halides is 1. The van der Waals surface area contributed by atoms with Crippen LogP contribution in [0.15, 0.2) is 53.6 Å². The Kier molecular flexibility index (Phi) is 12.0. The van der Waals surface area contributed by atoms with Gasteiger partial charge in [0, 0.05) is 30.3 Å². The van der Waals surface area contributed by atoms with E-state index >= 15 is 8.78 Å². The predicted molar refractivity (Wildman–Crippen MR) is 189 cm³/mol. The molecule has 1 amide bonds. The fraction of sp³-hybridized carbons (Fsp3) is 0.410. The Morgan fingerprint density at radius 1 is 1.08 bits per heavy atom. The highest BCUT2D eigenvalue weighted by atomic mass is 19.1. The normalized spacial score (nSPS) is 16.9. The van der Waals surface area contributed by atoms with Gasteiger partial charge in [0.05, 0.1) is 36.3 Å². The van der Waals surface area contributed by atoms with Crippen LogP contribution in [0.3, 0.4) is 0 Å². The number of carbonyl (C=O) groups is 2. The number of hydrogen-bond acceptors (Lipinski definition) is 6. The number of aromatic nitrogens is 2. The van der Waals surface area contributed by atoms with Crippen LogP contribution in [0.25, 0.3) is 11.1 Å². The number of aryl methyl sites for hydroxylation is 4. The second-order valence-electron chi connectivity index (χ2n) is 13.9. The first kappa shape index (κ1) is 38.6. The zero-order chi connectivity index (χ0) is 37.8. The average molecular weight is 704 g/mol. The zero-order valence-corrected chi connectivity index (χ0v) is 30.0. The summed E-state index contributed by atoms with van der Waals surface area (Å²) in [5, 5.41) is 21.8. The first-order valence-electron chi connectivity index (χ1n) is 16.8. The minimum absolute atomic E-state index is 0.000451. The molecule has 4 rings (SSSR count). The second kappa shape index (κ2) is 15.8. The summed E-state index contributed by atoms with van der Waals surface area (Å²) in [5.41, 5.74) is -0.196. The maximum atomic E-state index is 16.6. The van der Waals surface area contributed by atoms with Gasteiger partial charge in [0.25, 0.3) is 5.56 Å². The fourth-order valence-electron chi connectivity index (χ4n) is 6.59. The van der Waals surface area contributed by atoms with Crippen molar-refractivity contribution in [2.75, 3.05) is 13.1 Å². The smallest absolute Gasteiger partial charge is 0.305 e. The highest BCUT2D eigenvalue weighted by Gasteiger charge is 2.33. The Morgan fingerprint density at radius 3 is 2.35 bits per heavy atom. The first-order valence-corrected chi connectivity index (χ1v) is 16.8. The fourth-order valence-corrected chi connectivity index (χ4v) is 6.59. The Hall–Kier alpha value is -5.18. The molecule has 0 aliphatic carbocycles. The SMILES string of the molecule is Cc1cc(-c2c(C)cc(C#N)cc2C)c(F)c(C(CC(=O)O)NC(=O)C(CC(C)C)n2cc(CCN3C=CC=CC(C)(F)C3)nc(C)c2=O)c1F. The van der Waals surface area contributed by atoms with Crippen molar-refractivity contribution in [3.8, 4) is 17.2 Å². The van der Waals surface area contributed by atoms with Gasteiger partial charge in [-0.15, -0.1) is 0 Å². The van der Waals surface area contributed by atoms with E-state index in [1.54, 1.807) is 49.2 Å². The second-order valence-corrected chi connectivity index (χ2v) is 13.9. The van der Waals surface area contributed by atoms with Gasteiger partial charge in [-0.1, -0.05) is 19.9 Å². The number of aliphatic carboxylic acids is 1. The molecule has 1 aliphatic rings. The van der Waals surface area contributed by atoms with Gasteiger partial charge in [-0.25, -0.2) is 13.2 Å². The van der Waals surface area contributed by atoms with Crippen molar-refractivity contribution in [2.24, 2.45) is 5.92 Å². The van der Waals surface area contributed by atoms with Gasteiger partial charge in [-0.05, 0) is 106 Å². The largest absolute Gasteiger partial charge is 0.481 e. The number of nitrogens with zero attached hydrogens (tertiary/aromatic N) is 4. The highest BCUT2D eigenvalue weighted by Crippen LogP contribution is 2.37. The molecular weight excluding hydrogens is 659 g/mol.